The summed E-state index contributed by atoms with van der Waals surface area (Å²) in [5, 5.41) is 17.2. The highest BCUT2D eigenvalue weighted by atomic mass is 16.5. The van der Waals surface area contributed by atoms with Crippen LogP contribution in [-0.4, -0.2) is 23.2 Å². The predicted octanol–water partition coefficient (Wildman–Crippen LogP) is 4.61. The molecule has 148 valence electrons. The van der Waals surface area contributed by atoms with Crippen molar-refractivity contribution >= 4 is 0 Å². The minimum absolute atomic E-state index is 0.453. The van der Waals surface area contributed by atoms with Crippen molar-refractivity contribution in [2.75, 3.05) is 13.1 Å². The van der Waals surface area contributed by atoms with Crippen molar-refractivity contribution in [2.45, 2.75) is 46.0 Å². The normalized spacial score (nSPS) is 13.6. The first-order valence-electron chi connectivity index (χ1n) is 10.4. The second kappa shape index (κ2) is 8.59. The molecular weight excluding hydrogens is 360 g/mol. The van der Waals surface area contributed by atoms with Crippen LogP contribution in [0.25, 0.3) is 22.8 Å². The van der Waals surface area contributed by atoms with Gasteiger partial charge in [0.15, 0.2) is 0 Å². The molecule has 0 fully saturated rings. The Bertz CT molecular complexity index is 1060. The van der Waals surface area contributed by atoms with Gasteiger partial charge in [0.05, 0.1) is 11.6 Å². The number of benzene rings is 2. The molecule has 1 aliphatic heterocycles. The molecule has 0 saturated carbocycles. The zero-order valence-corrected chi connectivity index (χ0v) is 17.1. The maximum Gasteiger partial charge on any atom is 0.258 e. The van der Waals surface area contributed by atoms with Crippen molar-refractivity contribution in [2.24, 2.45) is 0 Å². The van der Waals surface area contributed by atoms with Crippen LogP contribution in [0.15, 0.2) is 34.9 Å². The van der Waals surface area contributed by atoms with E-state index in [2.05, 4.69) is 47.5 Å². The van der Waals surface area contributed by atoms with Crippen molar-refractivity contribution in [3.05, 3.63) is 58.1 Å². The van der Waals surface area contributed by atoms with Gasteiger partial charge in [0.25, 0.3) is 5.89 Å². The summed E-state index contributed by atoms with van der Waals surface area (Å²) in [5.41, 5.74) is 7.59. The van der Waals surface area contributed by atoms with Crippen molar-refractivity contribution in [3.63, 3.8) is 0 Å². The number of nitrogens with zero attached hydrogens (tertiary/aromatic N) is 3. The van der Waals surface area contributed by atoms with E-state index in [1.807, 2.05) is 18.2 Å². The molecule has 0 aliphatic carbocycles. The van der Waals surface area contributed by atoms with Crippen molar-refractivity contribution < 1.29 is 4.52 Å². The molecule has 0 amide bonds. The van der Waals surface area contributed by atoms with Gasteiger partial charge in [0.1, 0.15) is 0 Å². The number of aromatic nitrogens is 2. The summed E-state index contributed by atoms with van der Waals surface area (Å²) < 4.78 is 5.57. The van der Waals surface area contributed by atoms with Gasteiger partial charge < -0.3 is 9.84 Å². The zero-order valence-electron chi connectivity index (χ0n) is 17.1. The van der Waals surface area contributed by atoms with Gasteiger partial charge in [0.2, 0.25) is 5.82 Å². The van der Waals surface area contributed by atoms with E-state index in [1.165, 1.54) is 16.7 Å². The smallest absolute Gasteiger partial charge is 0.258 e. The topological polar surface area (TPSA) is 74.7 Å². The lowest BCUT2D eigenvalue weighted by molar-refractivity contribution is 0.432. The molecule has 5 nitrogen and oxygen atoms in total. The van der Waals surface area contributed by atoms with Gasteiger partial charge in [-0.25, -0.2) is 0 Å². The van der Waals surface area contributed by atoms with Crippen LogP contribution in [0.4, 0.5) is 0 Å². The van der Waals surface area contributed by atoms with Crippen LogP contribution in [0, 0.1) is 18.3 Å². The van der Waals surface area contributed by atoms with E-state index in [0.717, 1.165) is 61.9 Å². The van der Waals surface area contributed by atoms with Crippen LogP contribution in [0.2, 0.25) is 0 Å². The number of nitriles is 1. The Kier molecular flexibility index (Phi) is 5.73. The second-order valence-electron chi connectivity index (χ2n) is 7.64. The lowest BCUT2D eigenvalue weighted by Crippen LogP contribution is -2.16. The number of nitrogens with one attached hydrogen (secondary N) is 1. The first kappa shape index (κ1) is 19.4. The molecule has 0 bridgehead atoms. The molecule has 0 saturated heterocycles. The average Bonchev–Trinajstić information content (AvgIpc) is 3.10. The number of rotatable bonds is 5. The molecule has 5 heteroatoms. The molecule has 0 spiro atoms. The zero-order chi connectivity index (χ0) is 20.2. The molecular formula is C24H26N4O. The monoisotopic (exact) mass is 386 g/mol. The fraction of sp³-hybridized carbons (Fsp3) is 0.375. The number of aryl methyl sites for hydroxylation is 1. The lowest BCUT2D eigenvalue weighted by atomic mass is 9.93. The van der Waals surface area contributed by atoms with E-state index in [1.54, 1.807) is 0 Å². The summed E-state index contributed by atoms with van der Waals surface area (Å²) in [5.74, 6) is 1.06. The average molecular weight is 386 g/mol. The minimum atomic E-state index is 0.453. The third-order valence-electron chi connectivity index (χ3n) is 5.76. The maximum atomic E-state index is 9.52. The Morgan fingerprint density at radius 2 is 2.03 bits per heavy atom. The van der Waals surface area contributed by atoms with Crippen LogP contribution in [-0.2, 0) is 19.3 Å². The first-order valence-corrected chi connectivity index (χ1v) is 10.4. The first-order chi connectivity index (χ1) is 14.2. The molecule has 29 heavy (non-hydrogen) atoms. The van der Waals surface area contributed by atoms with Crippen molar-refractivity contribution in [1.82, 2.24) is 15.5 Å². The van der Waals surface area contributed by atoms with Gasteiger partial charge in [-0.3, -0.25) is 0 Å². The van der Waals surface area contributed by atoms with Gasteiger partial charge in [-0.05, 0) is 80.1 Å². The molecule has 3 aromatic rings. The van der Waals surface area contributed by atoms with Crippen LogP contribution < -0.4 is 5.32 Å². The summed E-state index contributed by atoms with van der Waals surface area (Å²) in [6.45, 7) is 6.32. The Balaban J connectivity index is 1.66. The Hall–Kier alpha value is -2.97. The van der Waals surface area contributed by atoms with Gasteiger partial charge >= 0.3 is 0 Å². The van der Waals surface area contributed by atoms with E-state index in [4.69, 9.17) is 4.52 Å². The van der Waals surface area contributed by atoms with Crippen molar-refractivity contribution in [1.29, 1.82) is 5.26 Å². The van der Waals surface area contributed by atoms with Gasteiger partial charge in [0, 0.05) is 11.1 Å². The summed E-state index contributed by atoms with van der Waals surface area (Å²) in [6.07, 6.45) is 5.17. The number of fused-ring (bicyclic) bond motifs is 1. The quantitative estimate of drug-likeness (QED) is 0.693. The van der Waals surface area contributed by atoms with Crippen LogP contribution >= 0.6 is 0 Å². The van der Waals surface area contributed by atoms with E-state index >= 15 is 0 Å². The summed E-state index contributed by atoms with van der Waals surface area (Å²) in [6, 6.07) is 12.4. The summed E-state index contributed by atoms with van der Waals surface area (Å²) >= 11 is 0. The van der Waals surface area contributed by atoms with Crippen LogP contribution in [0.1, 0.15) is 47.6 Å². The Labute approximate surface area is 171 Å². The summed E-state index contributed by atoms with van der Waals surface area (Å²) in [4.78, 5) is 4.65. The molecule has 0 atom stereocenters. The van der Waals surface area contributed by atoms with E-state index < -0.39 is 0 Å². The minimum Gasteiger partial charge on any atom is -0.334 e. The molecule has 1 aromatic heterocycles. The molecule has 0 radical (unpaired) electrons. The van der Waals surface area contributed by atoms with Gasteiger partial charge in [-0.1, -0.05) is 36.7 Å². The molecule has 0 unspecified atom stereocenters. The number of unbranched alkanes of at least 4 members (excludes halogenated alkanes) is 1. The van der Waals surface area contributed by atoms with E-state index in [0.29, 0.717) is 17.3 Å². The molecule has 4 rings (SSSR count). The number of hydrogen-bond acceptors (Lipinski definition) is 5. The largest absolute Gasteiger partial charge is 0.334 e. The second-order valence-corrected chi connectivity index (χ2v) is 7.64. The van der Waals surface area contributed by atoms with Crippen molar-refractivity contribution in [3.8, 4) is 28.9 Å². The van der Waals surface area contributed by atoms with Gasteiger partial charge in [-0.15, -0.1) is 0 Å². The van der Waals surface area contributed by atoms with Gasteiger partial charge in [-0.2, -0.15) is 10.2 Å². The predicted molar refractivity (Wildman–Crippen MR) is 114 cm³/mol. The highest BCUT2D eigenvalue weighted by molar-refractivity contribution is 5.66. The highest BCUT2D eigenvalue weighted by Gasteiger charge is 2.18. The lowest BCUT2D eigenvalue weighted by Gasteiger charge is -2.11. The fourth-order valence-electron chi connectivity index (χ4n) is 4.05. The maximum absolute atomic E-state index is 9.52. The third kappa shape index (κ3) is 3.94. The molecule has 2 aromatic carbocycles. The van der Waals surface area contributed by atoms with Crippen LogP contribution in [0.3, 0.4) is 0 Å². The van der Waals surface area contributed by atoms with E-state index in [-0.39, 0.29) is 0 Å². The summed E-state index contributed by atoms with van der Waals surface area (Å²) in [7, 11) is 0. The fourth-order valence-corrected chi connectivity index (χ4v) is 4.05. The Morgan fingerprint density at radius 1 is 1.17 bits per heavy atom. The highest BCUT2D eigenvalue weighted by Crippen LogP contribution is 2.30. The van der Waals surface area contributed by atoms with Crippen LogP contribution in [0.5, 0.6) is 0 Å². The third-order valence-corrected chi connectivity index (χ3v) is 5.76. The standard InChI is InChI=1S/C24H26N4O/c1-3-4-5-17-6-7-19(14-20(17)15-25)24-27-23(28-29-24)22-9-8-18-10-12-26-13-11-21(18)16(22)2/h6-9,14,26H,3-5,10-13H2,1-2H3. The number of hydrogen-bond donors (Lipinski definition) is 1. The molecule has 1 N–H and O–H groups in total. The molecule has 1 aliphatic rings. The SMILES string of the molecule is CCCCc1ccc(-c2nc(-c3ccc4c(c3C)CCNCC4)no2)cc1C#N. The Morgan fingerprint density at radius 3 is 2.86 bits per heavy atom. The molecule has 2 heterocycles. The van der Waals surface area contributed by atoms with E-state index in [9.17, 15) is 5.26 Å².